The smallest absolute Gasteiger partial charge is 0.317 e. The molecule has 0 radical (unpaired) electrons. The number of halogens is 1. The van der Waals surface area contributed by atoms with Gasteiger partial charge < -0.3 is 10.2 Å². The lowest BCUT2D eigenvalue weighted by Gasteiger charge is -2.36. The quantitative estimate of drug-likeness (QED) is 0.855. The zero-order chi connectivity index (χ0) is 18.7. The predicted octanol–water partition coefficient (Wildman–Crippen LogP) is 4.09. The van der Waals surface area contributed by atoms with Gasteiger partial charge in [-0.2, -0.15) is 0 Å². The summed E-state index contributed by atoms with van der Waals surface area (Å²) in [6.45, 7) is 10.1. The Kier molecular flexibility index (Phi) is 5.85. The van der Waals surface area contributed by atoms with Gasteiger partial charge in [-0.25, -0.2) is 9.78 Å². The van der Waals surface area contributed by atoms with Crippen molar-refractivity contribution in [3.05, 3.63) is 39.7 Å². The number of nitrogens with one attached hydrogen (secondary N) is 1. The number of thiazole rings is 1. The van der Waals surface area contributed by atoms with Gasteiger partial charge in [-0.3, -0.25) is 4.90 Å². The summed E-state index contributed by atoms with van der Waals surface area (Å²) in [6, 6.07) is 7.79. The fourth-order valence-corrected chi connectivity index (χ4v) is 3.81. The van der Waals surface area contributed by atoms with Crippen LogP contribution in [-0.4, -0.2) is 52.5 Å². The Bertz CT molecular complexity index is 746. The zero-order valence-corrected chi connectivity index (χ0v) is 17.0. The number of carbonyl (C=O) groups excluding carboxylic acids is 1. The Morgan fingerprint density at radius 2 is 1.85 bits per heavy atom. The molecule has 0 unspecified atom stereocenters. The molecule has 2 aromatic rings. The summed E-state index contributed by atoms with van der Waals surface area (Å²) in [5.41, 5.74) is 1.87. The van der Waals surface area contributed by atoms with Gasteiger partial charge in [0.25, 0.3) is 0 Å². The van der Waals surface area contributed by atoms with Gasteiger partial charge in [0.2, 0.25) is 0 Å². The summed E-state index contributed by atoms with van der Waals surface area (Å²) in [6.07, 6.45) is 0. The van der Waals surface area contributed by atoms with E-state index in [1.165, 1.54) is 0 Å². The summed E-state index contributed by atoms with van der Waals surface area (Å²) in [5, 5.41) is 6.95. The first-order chi connectivity index (χ1) is 12.3. The van der Waals surface area contributed by atoms with Crippen molar-refractivity contribution < 1.29 is 4.79 Å². The van der Waals surface area contributed by atoms with Crippen LogP contribution in [-0.2, 0) is 6.54 Å². The van der Waals surface area contributed by atoms with E-state index >= 15 is 0 Å². The van der Waals surface area contributed by atoms with E-state index in [2.05, 4.69) is 15.6 Å². The Morgan fingerprint density at radius 3 is 2.46 bits per heavy atom. The number of carbonyl (C=O) groups is 1. The molecule has 1 aliphatic rings. The van der Waals surface area contributed by atoms with E-state index in [-0.39, 0.29) is 11.6 Å². The third-order valence-electron chi connectivity index (χ3n) is 4.19. The highest BCUT2D eigenvalue weighted by molar-refractivity contribution is 7.09. The first-order valence-corrected chi connectivity index (χ1v) is 10.1. The minimum atomic E-state index is -0.201. The molecule has 0 spiro atoms. The molecule has 3 rings (SSSR count). The number of urea groups is 1. The van der Waals surface area contributed by atoms with Crippen molar-refractivity contribution in [2.24, 2.45) is 0 Å². The Labute approximate surface area is 164 Å². The highest BCUT2D eigenvalue weighted by atomic mass is 35.5. The molecule has 1 N–H and O–H groups in total. The van der Waals surface area contributed by atoms with Gasteiger partial charge in [-0.15, -0.1) is 11.3 Å². The molecule has 0 bridgehead atoms. The van der Waals surface area contributed by atoms with Gasteiger partial charge in [-0.1, -0.05) is 23.7 Å². The van der Waals surface area contributed by atoms with Crippen LogP contribution in [0.5, 0.6) is 0 Å². The van der Waals surface area contributed by atoms with Crippen LogP contribution in [0.25, 0.3) is 11.3 Å². The average Bonchev–Trinajstić information content (AvgIpc) is 3.03. The third-order valence-corrected chi connectivity index (χ3v) is 5.28. The Morgan fingerprint density at radius 1 is 1.19 bits per heavy atom. The van der Waals surface area contributed by atoms with Gasteiger partial charge in [0.05, 0.1) is 12.2 Å². The largest absolute Gasteiger partial charge is 0.333 e. The lowest BCUT2D eigenvalue weighted by Crippen LogP contribution is -2.54. The van der Waals surface area contributed by atoms with Crippen molar-refractivity contribution in [3.8, 4) is 11.3 Å². The summed E-state index contributed by atoms with van der Waals surface area (Å²) >= 11 is 7.62. The number of nitrogens with zero attached hydrogens (tertiary/aromatic N) is 3. The summed E-state index contributed by atoms with van der Waals surface area (Å²) in [5.74, 6) is 0. The molecule has 140 valence electrons. The number of aromatic nitrogens is 1. The maximum absolute atomic E-state index is 12.2. The van der Waals surface area contributed by atoms with Crippen LogP contribution in [0.2, 0.25) is 5.02 Å². The van der Waals surface area contributed by atoms with Crippen LogP contribution in [0.3, 0.4) is 0 Å². The number of piperazine rings is 1. The molecular weight excluding hydrogens is 368 g/mol. The normalized spacial score (nSPS) is 15.9. The maximum Gasteiger partial charge on any atom is 0.317 e. The monoisotopic (exact) mass is 392 g/mol. The molecule has 2 heterocycles. The number of amides is 2. The molecule has 1 aromatic carbocycles. The minimum absolute atomic E-state index is 0.0245. The van der Waals surface area contributed by atoms with Gasteiger partial charge >= 0.3 is 6.03 Å². The number of benzene rings is 1. The highest BCUT2D eigenvalue weighted by Gasteiger charge is 2.24. The standard InChI is InChI=1S/C19H25ClN4OS/c1-19(2,3)22-18(25)24-10-8-23(9-11-24)12-17-21-16(13-26-17)14-4-6-15(20)7-5-14/h4-7,13H,8-12H2,1-3H3,(H,22,25). The van der Waals surface area contributed by atoms with E-state index in [9.17, 15) is 4.79 Å². The molecule has 7 heteroatoms. The zero-order valence-electron chi connectivity index (χ0n) is 15.5. The average molecular weight is 393 g/mol. The number of hydrogen-bond donors (Lipinski definition) is 1. The molecule has 1 aliphatic heterocycles. The number of rotatable bonds is 3. The molecule has 5 nitrogen and oxygen atoms in total. The van der Waals surface area contributed by atoms with Gasteiger partial charge in [0, 0.05) is 47.7 Å². The van der Waals surface area contributed by atoms with Crippen molar-refractivity contribution in [2.75, 3.05) is 26.2 Å². The Balaban J connectivity index is 1.52. The van der Waals surface area contributed by atoms with Crippen LogP contribution in [0.1, 0.15) is 25.8 Å². The molecule has 0 aliphatic carbocycles. The van der Waals surface area contributed by atoms with E-state index in [4.69, 9.17) is 16.6 Å². The fourth-order valence-electron chi connectivity index (χ4n) is 2.84. The lowest BCUT2D eigenvalue weighted by molar-refractivity contribution is 0.131. The van der Waals surface area contributed by atoms with Crippen LogP contribution in [0.4, 0.5) is 4.79 Å². The van der Waals surface area contributed by atoms with Crippen LogP contribution < -0.4 is 5.32 Å². The van der Waals surface area contributed by atoms with Crippen LogP contribution >= 0.6 is 22.9 Å². The first-order valence-electron chi connectivity index (χ1n) is 8.80. The molecule has 0 saturated carbocycles. The summed E-state index contributed by atoms with van der Waals surface area (Å²) in [4.78, 5) is 21.2. The third kappa shape index (κ3) is 5.19. The van der Waals surface area contributed by atoms with E-state index in [0.717, 1.165) is 54.0 Å². The second-order valence-corrected chi connectivity index (χ2v) is 8.96. The van der Waals surface area contributed by atoms with Crippen molar-refractivity contribution in [1.82, 2.24) is 20.1 Å². The van der Waals surface area contributed by atoms with Crippen molar-refractivity contribution in [3.63, 3.8) is 0 Å². The van der Waals surface area contributed by atoms with E-state index in [0.29, 0.717) is 0 Å². The minimum Gasteiger partial charge on any atom is -0.333 e. The Hall–Kier alpha value is -1.63. The molecule has 2 amide bonds. The second kappa shape index (κ2) is 7.94. The van der Waals surface area contributed by atoms with Gasteiger partial charge in [0.15, 0.2) is 0 Å². The SMILES string of the molecule is CC(C)(C)NC(=O)N1CCN(Cc2nc(-c3ccc(Cl)cc3)cs2)CC1. The molecule has 1 fully saturated rings. The van der Waals surface area contributed by atoms with Gasteiger partial charge in [0.1, 0.15) is 5.01 Å². The van der Waals surface area contributed by atoms with Crippen molar-refractivity contribution in [1.29, 1.82) is 0 Å². The lowest BCUT2D eigenvalue weighted by atomic mass is 10.1. The van der Waals surface area contributed by atoms with E-state index in [1.54, 1.807) is 11.3 Å². The second-order valence-electron chi connectivity index (χ2n) is 7.58. The van der Waals surface area contributed by atoms with Crippen molar-refractivity contribution >= 4 is 29.0 Å². The van der Waals surface area contributed by atoms with E-state index < -0.39 is 0 Å². The molecular formula is C19H25ClN4OS. The first kappa shape index (κ1) is 19.1. The topological polar surface area (TPSA) is 48.5 Å². The molecule has 0 atom stereocenters. The van der Waals surface area contributed by atoms with Crippen molar-refractivity contribution in [2.45, 2.75) is 32.9 Å². The van der Waals surface area contributed by atoms with Gasteiger partial charge in [-0.05, 0) is 32.9 Å². The molecule has 1 aromatic heterocycles. The molecule has 26 heavy (non-hydrogen) atoms. The number of hydrogen-bond acceptors (Lipinski definition) is 4. The maximum atomic E-state index is 12.2. The predicted molar refractivity (Wildman–Crippen MR) is 108 cm³/mol. The highest BCUT2D eigenvalue weighted by Crippen LogP contribution is 2.24. The summed E-state index contributed by atoms with van der Waals surface area (Å²) in [7, 11) is 0. The summed E-state index contributed by atoms with van der Waals surface area (Å²) < 4.78 is 0. The van der Waals surface area contributed by atoms with Crippen LogP contribution in [0.15, 0.2) is 29.6 Å². The molecule has 1 saturated heterocycles. The van der Waals surface area contributed by atoms with E-state index in [1.807, 2.05) is 49.9 Å². The van der Waals surface area contributed by atoms with Crippen LogP contribution in [0, 0.1) is 0 Å². The fraction of sp³-hybridized carbons (Fsp3) is 0.474.